The maximum atomic E-state index is 12.8. The van der Waals surface area contributed by atoms with Gasteiger partial charge in [-0.1, -0.05) is 19.9 Å². The van der Waals surface area contributed by atoms with Crippen molar-refractivity contribution in [3.63, 3.8) is 0 Å². The Morgan fingerprint density at radius 2 is 2.26 bits per heavy atom. The molecule has 3 rings (SSSR count). The van der Waals surface area contributed by atoms with Crippen LogP contribution in [0.25, 0.3) is 0 Å². The number of nitrogens with zero attached hydrogens (tertiary/aromatic N) is 3. The molecule has 1 aromatic carbocycles. The van der Waals surface area contributed by atoms with Crippen molar-refractivity contribution in [1.82, 2.24) is 14.8 Å². The maximum Gasteiger partial charge on any atom is 0.245 e. The summed E-state index contributed by atoms with van der Waals surface area (Å²) in [6, 6.07) is 7.28. The predicted molar refractivity (Wildman–Crippen MR) is 101 cm³/mol. The van der Waals surface area contributed by atoms with Gasteiger partial charge in [0.15, 0.2) is 0 Å². The van der Waals surface area contributed by atoms with Crippen LogP contribution in [-0.4, -0.2) is 45.5 Å². The molecule has 0 radical (unpaired) electrons. The number of amides is 1. The number of hydrogen-bond acceptors (Lipinski definition) is 6. The van der Waals surface area contributed by atoms with Crippen molar-refractivity contribution >= 4 is 11.6 Å². The van der Waals surface area contributed by atoms with Gasteiger partial charge in [-0.2, -0.15) is 5.10 Å². The van der Waals surface area contributed by atoms with E-state index in [1.54, 1.807) is 17.1 Å². The third kappa shape index (κ3) is 3.81. The molecule has 2 unspecified atom stereocenters. The molecule has 1 amide bonds. The highest BCUT2D eigenvalue weighted by molar-refractivity contribution is 5.99. The lowest BCUT2D eigenvalue weighted by atomic mass is 9.54. The van der Waals surface area contributed by atoms with Crippen molar-refractivity contribution in [2.24, 2.45) is 11.1 Å². The molecule has 2 atom stereocenters. The highest BCUT2D eigenvalue weighted by atomic mass is 16.5. The molecule has 27 heavy (non-hydrogen) atoms. The van der Waals surface area contributed by atoms with E-state index < -0.39 is 11.0 Å². The average molecular weight is 373 g/mol. The molecule has 2 aromatic rings. The molecule has 1 heterocycles. The summed E-state index contributed by atoms with van der Waals surface area (Å²) in [6.07, 6.45) is 3.62. The van der Waals surface area contributed by atoms with Crippen LogP contribution < -0.4 is 15.8 Å². The molecule has 8 nitrogen and oxygen atoms in total. The lowest BCUT2D eigenvalue weighted by Gasteiger charge is -2.57. The van der Waals surface area contributed by atoms with E-state index in [1.807, 2.05) is 39.0 Å². The van der Waals surface area contributed by atoms with Crippen molar-refractivity contribution in [2.45, 2.75) is 45.4 Å². The fourth-order valence-corrected chi connectivity index (χ4v) is 3.33. The number of carbonyl (C=O) groups is 1. The second kappa shape index (κ2) is 7.66. The Morgan fingerprint density at radius 3 is 2.93 bits per heavy atom. The SMILES string of the molecule is CCOC1CC(N)(C(=O)Nc2cccc(OCCn3cncn3)c2)C1(C)C. The topological polar surface area (TPSA) is 104 Å². The first-order valence-electron chi connectivity index (χ1n) is 9.14. The number of carbonyl (C=O) groups excluding carboxylic acids is 1. The van der Waals surface area contributed by atoms with Crippen molar-refractivity contribution in [1.29, 1.82) is 0 Å². The summed E-state index contributed by atoms with van der Waals surface area (Å²) in [7, 11) is 0. The van der Waals surface area contributed by atoms with Crippen molar-refractivity contribution in [3.05, 3.63) is 36.9 Å². The van der Waals surface area contributed by atoms with E-state index in [0.717, 1.165) is 0 Å². The lowest BCUT2D eigenvalue weighted by molar-refractivity contribution is -0.166. The number of nitrogens with two attached hydrogens (primary N) is 1. The molecule has 1 aliphatic rings. The third-order valence-electron chi connectivity index (χ3n) is 5.38. The first kappa shape index (κ1) is 19.3. The lowest BCUT2D eigenvalue weighted by Crippen LogP contribution is -2.74. The fourth-order valence-electron chi connectivity index (χ4n) is 3.33. The third-order valence-corrected chi connectivity index (χ3v) is 5.38. The standard InChI is InChI=1S/C19H27N5O3/c1-4-26-16-11-19(20,18(16,2)3)17(25)23-14-6-5-7-15(10-14)27-9-8-24-13-21-12-22-24/h5-7,10,12-13,16H,4,8-9,11,20H2,1-3H3,(H,23,25). The van der Waals surface area contributed by atoms with Crippen LogP contribution in [0.2, 0.25) is 0 Å². The van der Waals surface area contributed by atoms with Gasteiger partial charge in [0.1, 0.15) is 30.5 Å². The van der Waals surface area contributed by atoms with Crippen molar-refractivity contribution in [2.75, 3.05) is 18.5 Å². The van der Waals surface area contributed by atoms with E-state index in [0.29, 0.717) is 37.6 Å². The summed E-state index contributed by atoms with van der Waals surface area (Å²) in [5.41, 5.74) is 5.68. The van der Waals surface area contributed by atoms with E-state index in [4.69, 9.17) is 15.2 Å². The first-order chi connectivity index (χ1) is 12.9. The monoisotopic (exact) mass is 373 g/mol. The second-order valence-corrected chi connectivity index (χ2v) is 7.33. The first-order valence-corrected chi connectivity index (χ1v) is 9.14. The normalized spacial score (nSPS) is 23.5. The van der Waals surface area contributed by atoms with Gasteiger partial charge in [-0.25, -0.2) is 9.67 Å². The summed E-state index contributed by atoms with van der Waals surface area (Å²) in [5.74, 6) is 0.460. The van der Waals surface area contributed by atoms with Crippen LogP contribution in [0.15, 0.2) is 36.9 Å². The van der Waals surface area contributed by atoms with Gasteiger partial charge in [0, 0.05) is 30.2 Å². The van der Waals surface area contributed by atoms with E-state index in [1.165, 1.54) is 6.33 Å². The van der Waals surface area contributed by atoms with Crippen LogP contribution in [0, 0.1) is 5.41 Å². The highest BCUT2D eigenvalue weighted by Gasteiger charge is 2.62. The summed E-state index contributed by atoms with van der Waals surface area (Å²) in [5, 5.41) is 6.94. The Balaban J connectivity index is 1.58. The van der Waals surface area contributed by atoms with E-state index in [9.17, 15) is 4.79 Å². The molecule has 1 saturated carbocycles. The highest BCUT2D eigenvalue weighted by Crippen LogP contribution is 2.50. The summed E-state index contributed by atoms with van der Waals surface area (Å²) < 4.78 is 13.1. The number of anilines is 1. The van der Waals surface area contributed by atoms with E-state index >= 15 is 0 Å². The number of aromatic nitrogens is 3. The Bertz CT molecular complexity index is 777. The van der Waals surface area contributed by atoms with Gasteiger partial charge in [-0.05, 0) is 19.1 Å². The van der Waals surface area contributed by atoms with Crippen molar-refractivity contribution < 1.29 is 14.3 Å². The van der Waals surface area contributed by atoms with Gasteiger partial charge in [0.2, 0.25) is 5.91 Å². The number of rotatable bonds is 8. The Morgan fingerprint density at radius 1 is 1.44 bits per heavy atom. The summed E-state index contributed by atoms with van der Waals surface area (Å²) in [6.45, 7) is 7.54. The number of nitrogens with one attached hydrogen (secondary N) is 1. The quantitative estimate of drug-likeness (QED) is 0.731. The van der Waals surface area contributed by atoms with E-state index in [-0.39, 0.29) is 12.0 Å². The number of hydrogen-bond donors (Lipinski definition) is 2. The van der Waals surface area contributed by atoms with Gasteiger partial charge in [0.05, 0.1) is 12.6 Å². The van der Waals surface area contributed by atoms with Crippen LogP contribution in [0.3, 0.4) is 0 Å². The van der Waals surface area contributed by atoms with Crippen molar-refractivity contribution in [3.8, 4) is 5.75 Å². The molecule has 1 aromatic heterocycles. The minimum atomic E-state index is -0.962. The zero-order valence-corrected chi connectivity index (χ0v) is 16.0. The molecule has 0 spiro atoms. The van der Waals surface area contributed by atoms with Crippen LogP contribution in [-0.2, 0) is 16.1 Å². The number of benzene rings is 1. The minimum absolute atomic E-state index is 0.00953. The molecule has 0 aliphatic heterocycles. The second-order valence-electron chi connectivity index (χ2n) is 7.33. The van der Waals surface area contributed by atoms with Gasteiger partial charge < -0.3 is 20.5 Å². The largest absolute Gasteiger partial charge is 0.492 e. The van der Waals surface area contributed by atoms with E-state index in [2.05, 4.69) is 15.4 Å². The molecule has 146 valence electrons. The molecule has 8 heteroatoms. The van der Waals surface area contributed by atoms with Gasteiger partial charge in [-0.3, -0.25) is 4.79 Å². The predicted octanol–water partition coefficient (Wildman–Crippen LogP) is 1.83. The minimum Gasteiger partial charge on any atom is -0.492 e. The summed E-state index contributed by atoms with van der Waals surface area (Å²) in [4.78, 5) is 16.7. The molecule has 1 fully saturated rings. The maximum absolute atomic E-state index is 12.8. The van der Waals surface area contributed by atoms with Gasteiger partial charge in [0.25, 0.3) is 0 Å². The zero-order chi connectivity index (χ0) is 19.5. The Labute approximate surface area is 159 Å². The molecular formula is C19H27N5O3. The van der Waals surface area contributed by atoms with Crippen LogP contribution in [0.5, 0.6) is 5.75 Å². The van der Waals surface area contributed by atoms with Crippen LogP contribution >= 0.6 is 0 Å². The molecule has 0 bridgehead atoms. The fraction of sp³-hybridized carbons (Fsp3) is 0.526. The molecule has 0 saturated heterocycles. The molecular weight excluding hydrogens is 346 g/mol. The van der Waals surface area contributed by atoms with Gasteiger partial charge >= 0.3 is 0 Å². The Kier molecular flexibility index (Phi) is 5.48. The Hall–Kier alpha value is -2.45. The van der Waals surface area contributed by atoms with Crippen LogP contribution in [0.1, 0.15) is 27.2 Å². The zero-order valence-electron chi connectivity index (χ0n) is 16.0. The molecule has 3 N–H and O–H groups in total. The average Bonchev–Trinajstić information content (AvgIpc) is 3.15. The van der Waals surface area contributed by atoms with Gasteiger partial charge in [-0.15, -0.1) is 0 Å². The van der Waals surface area contributed by atoms with Crippen LogP contribution in [0.4, 0.5) is 5.69 Å². The molecule has 1 aliphatic carbocycles. The summed E-state index contributed by atoms with van der Waals surface area (Å²) >= 11 is 0. The number of ether oxygens (including phenoxy) is 2. The smallest absolute Gasteiger partial charge is 0.245 e.